The lowest BCUT2D eigenvalue weighted by atomic mass is 10.0. The van der Waals surface area contributed by atoms with E-state index in [-0.39, 0.29) is 5.97 Å². The molecule has 0 aromatic rings. The average molecular weight is 198 g/mol. The normalized spacial score (nSPS) is 27.9. The molecule has 80 valence electrons. The summed E-state index contributed by atoms with van der Waals surface area (Å²) < 4.78 is 4.66. The van der Waals surface area contributed by atoms with Crippen molar-refractivity contribution in [1.29, 1.82) is 0 Å². The average Bonchev–Trinajstić information content (AvgIpc) is 2.29. The highest BCUT2D eigenvalue weighted by Gasteiger charge is 2.15. The van der Waals surface area contributed by atoms with Gasteiger partial charge in [-0.3, -0.25) is 0 Å². The fourth-order valence-corrected chi connectivity index (χ4v) is 1.71. The van der Waals surface area contributed by atoms with Crippen molar-refractivity contribution >= 4 is 5.97 Å². The monoisotopic (exact) mass is 198 g/mol. The molecule has 0 aliphatic heterocycles. The number of carbonyl (C=O) groups excluding carboxylic acids is 1. The largest absolute Gasteiger partial charge is 0.466 e. The van der Waals surface area contributed by atoms with Crippen molar-refractivity contribution in [2.45, 2.75) is 44.6 Å². The van der Waals surface area contributed by atoms with Crippen LogP contribution in [-0.4, -0.2) is 24.3 Å². The lowest BCUT2D eigenvalue weighted by Gasteiger charge is -2.10. The molecule has 1 unspecified atom stereocenters. The summed E-state index contributed by atoms with van der Waals surface area (Å²) in [4.78, 5) is 11.3. The Balaban J connectivity index is 2.62. The molecule has 14 heavy (non-hydrogen) atoms. The summed E-state index contributed by atoms with van der Waals surface area (Å²) in [6.45, 7) is 0. The summed E-state index contributed by atoms with van der Waals surface area (Å²) in [5.41, 5.74) is 0.627. The van der Waals surface area contributed by atoms with E-state index in [1.54, 1.807) is 0 Å². The van der Waals surface area contributed by atoms with Gasteiger partial charge in [-0.2, -0.15) is 0 Å². The van der Waals surface area contributed by atoms with Gasteiger partial charge in [-0.1, -0.05) is 18.9 Å². The number of aliphatic hydroxyl groups excluding tert-OH is 1. The molecule has 1 aliphatic rings. The molecule has 0 radical (unpaired) electrons. The second-order valence-electron chi connectivity index (χ2n) is 3.72. The first-order valence-corrected chi connectivity index (χ1v) is 5.19. The molecule has 1 aliphatic carbocycles. The Kier molecular flexibility index (Phi) is 4.66. The SMILES string of the molecule is COC(=O)/C1=C/CCCCCC(O)C1. The van der Waals surface area contributed by atoms with Crippen molar-refractivity contribution in [3.63, 3.8) is 0 Å². The van der Waals surface area contributed by atoms with Gasteiger partial charge in [0.25, 0.3) is 0 Å². The van der Waals surface area contributed by atoms with Crippen molar-refractivity contribution < 1.29 is 14.6 Å². The molecule has 0 aromatic heterocycles. The van der Waals surface area contributed by atoms with Gasteiger partial charge in [0.15, 0.2) is 0 Å². The van der Waals surface area contributed by atoms with E-state index < -0.39 is 6.10 Å². The van der Waals surface area contributed by atoms with Crippen LogP contribution in [0.4, 0.5) is 0 Å². The van der Waals surface area contributed by atoms with Crippen LogP contribution in [0.2, 0.25) is 0 Å². The van der Waals surface area contributed by atoms with E-state index in [1.807, 2.05) is 6.08 Å². The number of hydrogen-bond donors (Lipinski definition) is 1. The van der Waals surface area contributed by atoms with E-state index in [0.717, 1.165) is 32.1 Å². The number of methoxy groups -OCH3 is 1. The lowest BCUT2D eigenvalue weighted by Crippen LogP contribution is -2.13. The molecular weight excluding hydrogens is 180 g/mol. The van der Waals surface area contributed by atoms with Gasteiger partial charge in [0.1, 0.15) is 0 Å². The van der Waals surface area contributed by atoms with E-state index >= 15 is 0 Å². The number of esters is 1. The molecular formula is C11H18O3. The minimum absolute atomic E-state index is 0.300. The van der Waals surface area contributed by atoms with Crippen molar-refractivity contribution in [2.75, 3.05) is 7.11 Å². The lowest BCUT2D eigenvalue weighted by molar-refractivity contribution is -0.136. The first-order valence-electron chi connectivity index (χ1n) is 5.19. The highest BCUT2D eigenvalue weighted by Crippen LogP contribution is 2.18. The van der Waals surface area contributed by atoms with Gasteiger partial charge in [0.05, 0.1) is 13.2 Å². The maximum absolute atomic E-state index is 11.3. The molecule has 0 bridgehead atoms. The van der Waals surface area contributed by atoms with Gasteiger partial charge in [-0.25, -0.2) is 4.79 Å². The van der Waals surface area contributed by atoms with Gasteiger partial charge < -0.3 is 9.84 Å². The Morgan fingerprint density at radius 1 is 1.50 bits per heavy atom. The third-order valence-electron chi connectivity index (χ3n) is 2.54. The van der Waals surface area contributed by atoms with Crippen LogP contribution in [0.15, 0.2) is 11.6 Å². The molecule has 3 heteroatoms. The minimum atomic E-state index is -0.390. The summed E-state index contributed by atoms with van der Waals surface area (Å²) in [5.74, 6) is -0.300. The standard InChI is InChI=1S/C11H18O3/c1-14-11(13)9-6-4-2-3-5-7-10(12)8-9/h6,10,12H,2-5,7-8H2,1H3/b9-6+. The van der Waals surface area contributed by atoms with Crippen LogP contribution in [0.1, 0.15) is 38.5 Å². The van der Waals surface area contributed by atoms with Crippen LogP contribution in [0.25, 0.3) is 0 Å². The Morgan fingerprint density at radius 2 is 2.29 bits per heavy atom. The smallest absolute Gasteiger partial charge is 0.333 e. The molecule has 0 saturated heterocycles. The number of allylic oxidation sites excluding steroid dienone is 1. The van der Waals surface area contributed by atoms with Crippen molar-refractivity contribution in [2.24, 2.45) is 0 Å². The molecule has 1 rings (SSSR count). The Labute approximate surface area is 84.8 Å². The highest BCUT2D eigenvalue weighted by atomic mass is 16.5. The van der Waals surface area contributed by atoms with Crippen LogP contribution in [0.5, 0.6) is 0 Å². The van der Waals surface area contributed by atoms with Crippen LogP contribution in [-0.2, 0) is 9.53 Å². The fraction of sp³-hybridized carbons (Fsp3) is 0.727. The second kappa shape index (κ2) is 5.81. The second-order valence-corrected chi connectivity index (χ2v) is 3.72. The van der Waals surface area contributed by atoms with Gasteiger partial charge in [-0.05, 0) is 19.3 Å². The van der Waals surface area contributed by atoms with E-state index in [2.05, 4.69) is 4.74 Å². The quantitative estimate of drug-likeness (QED) is 0.653. The van der Waals surface area contributed by atoms with Crippen molar-refractivity contribution in [3.05, 3.63) is 11.6 Å². The summed E-state index contributed by atoms with van der Waals surface area (Å²) in [7, 11) is 1.38. The maximum Gasteiger partial charge on any atom is 0.333 e. The molecule has 0 saturated carbocycles. The van der Waals surface area contributed by atoms with Crippen LogP contribution < -0.4 is 0 Å². The third-order valence-corrected chi connectivity index (χ3v) is 2.54. The van der Waals surface area contributed by atoms with Crippen LogP contribution >= 0.6 is 0 Å². The Hall–Kier alpha value is -0.830. The molecule has 0 amide bonds. The van der Waals surface area contributed by atoms with Crippen LogP contribution in [0.3, 0.4) is 0 Å². The van der Waals surface area contributed by atoms with Crippen LogP contribution in [0, 0.1) is 0 Å². The predicted octanol–water partition coefficient (Wildman–Crippen LogP) is 1.80. The highest BCUT2D eigenvalue weighted by molar-refractivity contribution is 5.88. The first kappa shape index (κ1) is 11.2. The maximum atomic E-state index is 11.3. The molecule has 1 atom stereocenters. The van der Waals surface area contributed by atoms with Gasteiger partial charge >= 0.3 is 5.97 Å². The zero-order chi connectivity index (χ0) is 10.4. The Morgan fingerprint density at radius 3 is 3.00 bits per heavy atom. The zero-order valence-corrected chi connectivity index (χ0v) is 8.66. The van der Waals surface area contributed by atoms with Gasteiger partial charge in [-0.15, -0.1) is 0 Å². The molecule has 0 spiro atoms. The topological polar surface area (TPSA) is 46.5 Å². The summed E-state index contributed by atoms with van der Waals surface area (Å²) >= 11 is 0. The van der Waals surface area contributed by atoms with E-state index in [9.17, 15) is 9.90 Å². The molecule has 1 N–H and O–H groups in total. The number of carbonyl (C=O) groups is 1. The Bertz CT molecular complexity index is 221. The number of aliphatic hydroxyl groups is 1. The number of rotatable bonds is 1. The molecule has 3 nitrogen and oxygen atoms in total. The molecule has 0 fully saturated rings. The third kappa shape index (κ3) is 3.50. The minimum Gasteiger partial charge on any atom is -0.466 e. The van der Waals surface area contributed by atoms with E-state index in [1.165, 1.54) is 7.11 Å². The van der Waals surface area contributed by atoms with Crippen molar-refractivity contribution in [1.82, 2.24) is 0 Å². The number of hydrogen-bond acceptors (Lipinski definition) is 3. The summed E-state index contributed by atoms with van der Waals surface area (Å²) in [6.07, 6.45) is 6.91. The molecule has 0 heterocycles. The summed E-state index contributed by atoms with van der Waals surface area (Å²) in [6, 6.07) is 0. The fourth-order valence-electron chi connectivity index (χ4n) is 1.71. The van der Waals surface area contributed by atoms with Gasteiger partial charge in [0.2, 0.25) is 0 Å². The first-order chi connectivity index (χ1) is 6.74. The summed E-state index contributed by atoms with van der Waals surface area (Å²) in [5, 5.41) is 9.61. The van der Waals surface area contributed by atoms with E-state index in [0.29, 0.717) is 12.0 Å². The molecule has 0 aromatic carbocycles. The van der Waals surface area contributed by atoms with Crippen molar-refractivity contribution in [3.8, 4) is 0 Å². The predicted molar refractivity (Wildman–Crippen MR) is 53.8 cm³/mol. The van der Waals surface area contributed by atoms with Gasteiger partial charge in [0, 0.05) is 12.0 Å². The van der Waals surface area contributed by atoms with E-state index in [4.69, 9.17) is 0 Å². The number of ether oxygens (including phenoxy) is 1. The zero-order valence-electron chi connectivity index (χ0n) is 8.66.